The highest BCUT2D eigenvalue weighted by molar-refractivity contribution is 5.81. The van der Waals surface area contributed by atoms with E-state index in [-0.39, 0.29) is 23.9 Å². The number of rotatable bonds is 5. The van der Waals surface area contributed by atoms with Crippen LogP contribution in [-0.2, 0) is 6.61 Å². The van der Waals surface area contributed by atoms with Crippen LogP contribution in [0.25, 0.3) is 0 Å². The lowest BCUT2D eigenvalue weighted by molar-refractivity contribution is 0.289. The summed E-state index contributed by atoms with van der Waals surface area (Å²) in [7, 11) is 0. The van der Waals surface area contributed by atoms with Crippen LogP contribution in [0, 0.1) is 17.5 Å². The minimum absolute atomic E-state index is 0.0614. The number of nitrogens with zero attached hydrogens (tertiary/aromatic N) is 2. The Morgan fingerprint density at radius 2 is 1.74 bits per heavy atom. The molecule has 2 aromatic rings. The van der Waals surface area contributed by atoms with Gasteiger partial charge in [-0.1, -0.05) is 0 Å². The van der Waals surface area contributed by atoms with E-state index in [0.717, 1.165) is 24.3 Å². The fourth-order valence-electron chi connectivity index (χ4n) is 1.73. The Kier molecular flexibility index (Phi) is 5.19. The second kappa shape index (κ2) is 7.30. The molecule has 5 nitrogen and oxygen atoms in total. The lowest BCUT2D eigenvalue weighted by Gasteiger charge is -2.08. The molecule has 8 heteroatoms. The van der Waals surface area contributed by atoms with Crippen molar-refractivity contribution in [2.45, 2.75) is 6.61 Å². The van der Waals surface area contributed by atoms with Gasteiger partial charge >= 0.3 is 0 Å². The number of halogens is 3. The zero-order valence-electron chi connectivity index (χ0n) is 11.8. The number of guanidine groups is 1. The van der Waals surface area contributed by atoms with Crippen LogP contribution in [0.3, 0.4) is 0 Å². The molecule has 0 bridgehead atoms. The molecule has 0 aliphatic carbocycles. The summed E-state index contributed by atoms with van der Waals surface area (Å²) in [6.45, 7) is -0.174. The maximum atomic E-state index is 13.9. The van der Waals surface area contributed by atoms with Crippen LogP contribution in [0.15, 0.2) is 46.6 Å². The zero-order chi connectivity index (χ0) is 16.8. The Morgan fingerprint density at radius 3 is 2.35 bits per heavy atom. The SMILES string of the molecule is NC(N)=NN=Cc1ccc(OCc2cc(F)cc(F)c2)c(F)c1. The van der Waals surface area contributed by atoms with Crippen LogP contribution in [0.1, 0.15) is 11.1 Å². The van der Waals surface area contributed by atoms with Crippen LogP contribution in [0.4, 0.5) is 13.2 Å². The third-order valence-electron chi connectivity index (χ3n) is 2.65. The van der Waals surface area contributed by atoms with Gasteiger partial charge in [0.15, 0.2) is 11.6 Å². The third-order valence-corrected chi connectivity index (χ3v) is 2.65. The van der Waals surface area contributed by atoms with Gasteiger partial charge in [0.2, 0.25) is 5.96 Å². The quantitative estimate of drug-likeness (QED) is 0.503. The zero-order valence-corrected chi connectivity index (χ0v) is 11.8. The smallest absolute Gasteiger partial charge is 0.211 e. The molecule has 23 heavy (non-hydrogen) atoms. The maximum absolute atomic E-state index is 13.9. The minimum atomic E-state index is -0.727. The van der Waals surface area contributed by atoms with Crippen molar-refractivity contribution in [1.82, 2.24) is 0 Å². The molecule has 0 aromatic heterocycles. The third kappa shape index (κ3) is 5.03. The summed E-state index contributed by atoms with van der Waals surface area (Å²) in [5.41, 5.74) is 10.9. The van der Waals surface area contributed by atoms with Crippen molar-refractivity contribution in [3.8, 4) is 5.75 Å². The summed E-state index contributed by atoms with van der Waals surface area (Å²) >= 11 is 0. The fourth-order valence-corrected chi connectivity index (χ4v) is 1.73. The molecule has 0 spiro atoms. The highest BCUT2D eigenvalue weighted by Gasteiger charge is 2.06. The second-order valence-electron chi connectivity index (χ2n) is 4.53. The molecule has 0 saturated carbocycles. The Morgan fingerprint density at radius 1 is 1.04 bits per heavy atom. The van der Waals surface area contributed by atoms with Gasteiger partial charge in [0.25, 0.3) is 0 Å². The molecule has 0 aliphatic heterocycles. The van der Waals surface area contributed by atoms with Gasteiger partial charge in [-0.05, 0) is 41.5 Å². The highest BCUT2D eigenvalue weighted by Crippen LogP contribution is 2.19. The summed E-state index contributed by atoms with van der Waals surface area (Å²) in [6.07, 6.45) is 1.26. The molecule has 2 aromatic carbocycles. The predicted molar refractivity (Wildman–Crippen MR) is 80.5 cm³/mol. The predicted octanol–water partition coefficient (Wildman–Crippen LogP) is 2.29. The molecule has 0 heterocycles. The average molecular weight is 322 g/mol. The Labute approximate surface area is 130 Å². The van der Waals surface area contributed by atoms with E-state index in [1.807, 2.05) is 0 Å². The molecule has 2 rings (SSSR count). The van der Waals surface area contributed by atoms with Crippen molar-refractivity contribution in [2.24, 2.45) is 21.7 Å². The van der Waals surface area contributed by atoms with Crippen molar-refractivity contribution in [1.29, 1.82) is 0 Å². The summed E-state index contributed by atoms with van der Waals surface area (Å²) in [5.74, 6) is -2.39. The Bertz CT molecular complexity index is 738. The van der Waals surface area contributed by atoms with Crippen molar-refractivity contribution in [3.63, 3.8) is 0 Å². The topological polar surface area (TPSA) is 86.0 Å². The highest BCUT2D eigenvalue weighted by atomic mass is 19.1. The lowest BCUT2D eigenvalue weighted by atomic mass is 10.2. The van der Waals surface area contributed by atoms with E-state index in [0.29, 0.717) is 5.56 Å². The molecule has 0 fully saturated rings. The summed E-state index contributed by atoms with van der Waals surface area (Å²) in [4.78, 5) is 0. The van der Waals surface area contributed by atoms with Crippen molar-refractivity contribution in [3.05, 3.63) is 65.0 Å². The van der Waals surface area contributed by atoms with Crippen molar-refractivity contribution >= 4 is 12.2 Å². The second-order valence-corrected chi connectivity index (χ2v) is 4.53. The largest absolute Gasteiger partial charge is 0.486 e. The van der Waals surface area contributed by atoms with Gasteiger partial charge in [0, 0.05) is 6.07 Å². The summed E-state index contributed by atoms with van der Waals surface area (Å²) in [5, 5.41) is 6.93. The van der Waals surface area contributed by atoms with Gasteiger partial charge in [0.1, 0.15) is 18.2 Å². The van der Waals surface area contributed by atoms with Crippen molar-refractivity contribution < 1.29 is 17.9 Å². The standard InChI is InChI=1S/C15H13F3N4O/c16-11-3-10(4-12(17)6-11)8-23-14-2-1-9(5-13(14)18)7-21-22-15(19)20/h1-7H,8H2,(H4,19,20,22). The first-order chi connectivity index (χ1) is 10.9. The van der Waals surface area contributed by atoms with E-state index in [1.165, 1.54) is 18.3 Å². The van der Waals surface area contributed by atoms with E-state index >= 15 is 0 Å². The summed E-state index contributed by atoms with van der Waals surface area (Å²) in [6, 6.07) is 7.01. The first kappa shape index (κ1) is 16.3. The van der Waals surface area contributed by atoms with Gasteiger partial charge < -0.3 is 16.2 Å². The van der Waals surface area contributed by atoms with Crippen LogP contribution in [0.2, 0.25) is 0 Å². The maximum Gasteiger partial charge on any atom is 0.211 e. The van der Waals surface area contributed by atoms with Crippen LogP contribution >= 0.6 is 0 Å². The molecule has 120 valence electrons. The Hall–Kier alpha value is -3.03. The molecule has 4 N–H and O–H groups in total. The molecule has 0 unspecified atom stereocenters. The lowest BCUT2D eigenvalue weighted by Crippen LogP contribution is -2.21. The number of ether oxygens (including phenoxy) is 1. The normalized spacial score (nSPS) is 10.7. The first-order valence-electron chi connectivity index (χ1n) is 6.43. The fraction of sp³-hybridized carbons (Fsp3) is 0.0667. The van der Waals surface area contributed by atoms with Gasteiger partial charge in [0.05, 0.1) is 6.21 Å². The van der Waals surface area contributed by atoms with Crippen LogP contribution in [0.5, 0.6) is 5.75 Å². The molecule has 0 saturated heterocycles. The van der Waals surface area contributed by atoms with Crippen LogP contribution in [-0.4, -0.2) is 12.2 Å². The molecular formula is C15H13F3N4O. The number of hydrogen-bond acceptors (Lipinski definition) is 3. The number of benzene rings is 2. The Balaban J connectivity index is 2.06. The molecule has 0 atom stereocenters. The van der Waals surface area contributed by atoms with Gasteiger partial charge in [-0.15, -0.1) is 5.10 Å². The monoisotopic (exact) mass is 322 g/mol. The van der Waals surface area contributed by atoms with Gasteiger partial charge in [-0.2, -0.15) is 5.10 Å². The molecule has 0 aliphatic rings. The number of nitrogens with two attached hydrogens (primary N) is 2. The van der Waals surface area contributed by atoms with Gasteiger partial charge in [-0.25, -0.2) is 13.2 Å². The molecule has 0 radical (unpaired) electrons. The average Bonchev–Trinajstić information content (AvgIpc) is 2.45. The minimum Gasteiger partial charge on any atom is -0.486 e. The van der Waals surface area contributed by atoms with E-state index in [1.54, 1.807) is 0 Å². The number of hydrogen-bond donors (Lipinski definition) is 2. The van der Waals surface area contributed by atoms with Crippen LogP contribution < -0.4 is 16.2 Å². The van der Waals surface area contributed by atoms with Gasteiger partial charge in [-0.3, -0.25) is 0 Å². The first-order valence-corrected chi connectivity index (χ1v) is 6.43. The van der Waals surface area contributed by atoms with E-state index in [9.17, 15) is 13.2 Å². The van der Waals surface area contributed by atoms with E-state index in [2.05, 4.69) is 10.2 Å². The van der Waals surface area contributed by atoms with E-state index in [4.69, 9.17) is 16.2 Å². The summed E-state index contributed by atoms with van der Waals surface area (Å²) < 4.78 is 45.2. The van der Waals surface area contributed by atoms with E-state index < -0.39 is 17.5 Å². The van der Waals surface area contributed by atoms with Crippen molar-refractivity contribution in [2.75, 3.05) is 0 Å². The molecule has 0 amide bonds. The molecular weight excluding hydrogens is 309 g/mol.